The van der Waals surface area contributed by atoms with Crippen LogP contribution in [0.4, 0.5) is 0 Å². The number of rotatable bonds is 7. The molecule has 2 aromatic carbocycles. The molecule has 0 atom stereocenters. The third-order valence-corrected chi connectivity index (χ3v) is 6.87. The maximum absolute atomic E-state index is 13.3. The van der Waals surface area contributed by atoms with Crippen LogP contribution < -0.4 is 5.69 Å². The summed E-state index contributed by atoms with van der Waals surface area (Å²) < 4.78 is 1.66. The minimum Gasteiger partial charge on any atom is -0.303 e. The lowest BCUT2D eigenvalue weighted by molar-refractivity contribution is 0.0883. The van der Waals surface area contributed by atoms with Crippen LogP contribution in [0.3, 0.4) is 0 Å². The van der Waals surface area contributed by atoms with Gasteiger partial charge in [0.25, 0.3) is 0 Å². The van der Waals surface area contributed by atoms with Crippen LogP contribution in [-0.4, -0.2) is 36.0 Å². The van der Waals surface area contributed by atoms with Crippen LogP contribution in [0.25, 0.3) is 22.5 Å². The SMILES string of the molecule is CC#CCc1c(C(=O)C2CCCCC2)[nH]c(=O)n1Cc1ccc(-c2ccccc2-c2nn[nH]n2)cc1. The van der Waals surface area contributed by atoms with Crippen molar-refractivity contribution in [2.24, 2.45) is 5.92 Å². The van der Waals surface area contributed by atoms with Crippen molar-refractivity contribution in [3.8, 4) is 34.4 Å². The van der Waals surface area contributed by atoms with Gasteiger partial charge in [0.1, 0.15) is 5.69 Å². The largest absolute Gasteiger partial charge is 0.326 e. The number of Topliss-reactive ketones (excluding diaryl/α,β-unsaturated/α-hetero) is 1. The predicted molar refractivity (Wildman–Crippen MR) is 137 cm³/mol. The average molecular weight is 481 g/mol. The molecule has 0 spiro atoms. The summed E-state index contributed by atoms with van der Waals surface area (Å²) in [4.78, 5) is 29.1. The molecule has 8 nitrogen and oxygen atoms in total. The van der Waals surface area contributed by atoms with E-state index in [0.717, 1.165) is 47.9 Å². The van der Waals surface area contributed by atoms with Gasteiger partial charge in [-0.3, -0.25) is 9.36 Å². The lowest BCUT2D eigenvalue weighted by atomic mass is 9.85. The van der Waals surface area contributed by atoms with Crippen molar-refractivity contribution < 1.29 is 4.79 Å². The molecule has 1 fully saturated rings. The van der Waals surface area contributed by atoms with E-state index in [-0.39, 0.29) is 17.4 Å². The molecular weight excluding hydrogens is 452 g/mol. The Balaban J connectivity index is 1.44. The minimum absolute atomic E-state index is 0.0165. The number of H-pyrrole nitrogens is 2. The van der Waals surface area contributed by atoms with Gasteiger partial charge in [-0.1, -0.05) is 73.7 Å². The van der Waals surface area contributed by atoms with Gasteiger partial charge < -0.3 is 4.98 Å². The van der Waals surface area contributed by atoms with Crippen molar-refractivity contribution in [1.82, 2.24) is 30.2 Å². The molecular formula is C28H28N6O2. The molecule has 0 amide bonds. The summed E-state index contributed by atoms with van der Waals surface area (Å²) in [5, 5.41) is 14.4. The van der Waals surface area contributed by atoms with Crippen molar-refractivity contribution in [3.63, 3.8) is 0 Å². The van der Waals surface area contributed by atoms with Crippen molar-refractivity contribution in [2.45, 2.75) is 52.0 Å². The highest BCUT2D eigenvalue weighted by Gasteiger charge is 2.27. The van der Waals surface area contributed by atoms with Crippen molar-refractivity contribution >= 4 is 5.78 Å². The van der Waals surface area contributed by atoms with E-state index in [0.29, 0.717) is 30.2 Å². The molecule has 5 rings (SSSR count). The Kier molecular flexibility index (Phi) is 6.89. The number of tetrazole rings is 1. The van der Waals surface area contributed by atoms with Gasteiger partial charge >= 0.3 is 5.69 Å². The Bertz CT molecular complexity index is 1460. The second-order valence-corrected chi connectivity index (χ2v) is 9.12. The van der Waals surface area contributed by atoms with E-state index in [1.54, 1.807) is 11.5 Å². The number of ketones is 1. The molecule has 36 heavy (non-hydrogen) atoms. The van der Waals surface area contributed by atoms with Crippen LogP contribution >= 0.6 is 0 Å². The van der Waals surface area contributed by atoms with E-state index < -0.39 is 0 Å². The van der Waals surface area contributed by atoms with Gasteiger partial charge in [-0.15, -0.1) is 16.1 Å². The van der Waals surface area contributed by atoms with Gasteiger partial charge in [-0.2, -0.15) is 5.21 Å². The first kappa shape index (κ1) is 23.5. The highest BCUT2D eigenvalue weighted by molar-refractivity contribution is 5.97. The van der Waals surface area contributed by atoms with Crippen molar-refractivity contribution in [1.29, 1.82) is 0 Å². The third-order valence-electron chi connectivity index (χ3n) is 6.87. The highest BCUT2D eigenvalue weighted by Crippen LogP contribution is 2.30. The molecule has 0 unspecified atom stereocenters. The number of carbonyl (C=O) groups excluding carboxylic acids is 1. The zero-order valence-electron chi connectivity index (χ0n) is 20.3. The number of imidazole rings is 1. The second kappa shape index (κ2) is 10.6. The number of nitrogens with one attached hydrogen (secondary N) is 2. The minimum atomic E-state index is -0.270. The summed E-state index contributed by atoms with van der Waals surface area (Å²) in [5.74, 6) is 6.51. The van der Waals surface area contributed by atoms with E-state index in [1.807, 2.05) is 48.5 Å². The average Bonchev–Trinajstić information content (AvgIpc) is 3.57. The molecule has 0 saturated heterocycles. The molecule has 2 N–H and O–H groups in total. The van der Waals surface area contributed by atoms with Gasteiger partial charge in [0.05, 0.1) is 18.7 Å². The van der Waals surface area contributed by atoms with Gasteiger partial charge in [0.2, 0.25) is 5.82 Å². The first-order chi connectivity index (χ1) is 17.7. The van der Waals surface area contributed by atoms with Crippen molar-refractivity contribution in [3.05, 3.63) is 76.0 Å². The molecule has 2 aromatic heterocycles. The Hall–Kier alpha value is -4.25. The summed E-state index contributed by atoms with van der Waals surface area (Å²) in [6.45, 7) is 2.13. The molecule has 8 heteroatoms. The summed E-state index contributed by atoms with van der Waals surface area (Å²) >= 11 is 0. The number of hydrogen-bond donors (Lipinski definition) is 2. The predicted octanol–water partition coefficient (Wildman–Crippen LogP) is 4.40. The molecule has 0 aliphatic heterocycles. The molecule has 1 aliphatic carbocycles. The molecule has 4 aromatic rings. The van der Waals surface area contributed by atoms with Crippen molar-refractivity contribution in [2.75, 3.05) is 0 Å². The van der Waals surface area contributed by atoms with Crippen LogP contribution in [0.5, 0.6) is 0 Å². The number of nitrogens with zero attached hydrogens (tertiary/aromatic N) is 4. The topological polar surface area (TPSA) is 109 Å². The molecule has 1 saturated carbocycles. The van der Waals surface area contributed by atoms with Crippen LogP contribution in [0, 0.1) is 17.8 Å². The first-order valence-corrected chi connectivity index (χ1v) is 12.3. The van der Waals surface area contributed by atoms with Crippen LogP contribution in [0.1, 0.15) is 60.8 Å². The highest BCUT2D eigenvalue weighted by atomic mass is 16.2. The maximum Gasteiger partial charge on any atom is 0.326 e. The fourth-order valence-electron chi connectivity index (χ4n) is 4.98. The Labute approximate surface area is 209 Å². The maximum atomic E-state index is 13.3. The van der Waals surface area contributed by atoms with Crippen LogP contribution in [-0.2, 0) is 13.0 Å². The van der Waals surface area contributed by atoms with Gasteiger partial charge in [0.15, 0.2) is 5.78 Å². The lowest BCUT2D eigenvalue weighted by Crippen LogP contribution is -2.20. The van der Waals surface area contributed by atoms with E-state index in [9.17, 15) is 9.59 Å². The number of carbonyl (C=O) groups is 1. The molecule has 2 heterocycles. The quantitative estimate of drug-likeness (QED) is 0.301. The molecule has 0 radical (unpaired) electrons. The molecule has 182 valence electrons. The Morgan fingerprint density at radius 3 is 2.50 bits per heavy atom. The Morgan fingerprint density at radius 1 is 1.06 bits per heavy atom. The van der Waals surface area contributed by atoms with Crippen LogP contribution in [0.15, 0.2) is 53.3 Å². The van der Waals surface area contributed by atoms with E-state index in [1.165, 1.54) is 6.42 Å². The fourth-order valence-corrected chi connectivity index (χ4v) is 4.98. The molecule has 0 bridgehead atoms. The normalized spacial score (nSPS) is 13.8. The second-order valence-electron chi connectivity index (χ2n) is 9.12. The molecule has 1 aliphatic rings. The zero-order valence-corrected chi connectivity index (χ0v) is 20.3. The number of aromatic nitrogens is 6. The smallest absolute Gasteiger partial charge is 0.303 e. The lowest BCUT2D eigenvalue weighted by Gasteiger charge is -2.20. The van der Waals surface area contributed by atoms with Gasteiger partial charge in [-0.25, -0.2) is 4.79 Å². The van der Waals surface area contributed by atoms with E-state index in [4.69, 9.17) is 0 Å². The van der Waals surface area contributed by atoms with Crippen LogP contribution in [0.2, 0.25) is 0 Å². The van der Waals surface area contributed by atoms with E-state index in [2.05, 4.69) is 37.4 Å². The summed E-state index contributed by atoms with van der Waals surface area (Å²) in [7, 11) is 0. The first-order valence-electron chi connectivity index (χ1n) is 12.3. The third kappa shape index (κ3) is 4.78. The summed E-state index contributed by atoms with van der Waals surface area (Å²) in [5.41, 5.74) is 4.67. The number of hydrogen-bond acceptors (Lipinski definition) is 5. The summed E-state index contributed by atoms with van der Waals surface area (Å²) in [6, 6.07) is 15.9. The number of aromatic amines is 2. The van der Waals surface area contributed by atoms with E-state index >= 15 is 0 Å². The van der Waals surface area contributed by atoms with Gasteiger partial charge in [-0.05, 0) is 41.7 Å². The monoisotopic (exact) mass is 480 g/mol. The standard InChI is InChI=1S/C28H28N6O2/c1-2-3-13-24-25(26(35)21-9-5-4-6-10-21)29-28(36)34(24)18-19-14-16-20(17-15-19)22-11-7-8-12-23(22)27-30-32-33-31-27/h7-8,11-12,14-17,21H,4-6,9-10,13,18H2,1H3,(H,29,36)(H,30,31,32,33). The number of benzene rings is 2. The zero-order chi connectivity index (χ0) is 24.9. The Morgan fingerprint density at radius 2 is 1.81 bits per heavy atom. The fraction of sp³-hybridized carbons (Fsp3) is 0.321. The van der Waals surface area contributed by atoms with Gasteiger partial charge in [0, 0.05) is 11.5 Å². The summed E-state index contributed by atoms with van der Waals surface area (Å²) in [6.07, 6.45) is 5.43.